The molecule has 4 nitrogen and oxygen atoms in total. The van der Waals surface area contributed by atoms with Crippen LogP contribution in [0.3, 0.4) is 0 Å². The standard InChI is InChI=1S/C16H21N3OS/c20-16-10-21-15-5-4-11(9-13(15)18-16)17-12-6-8-19-7-2-1-3-14(12)19/h4-5,9,12,14,17H,1-3,6-8,10H2,(H,18,20). The number of nitrogens with one attached hydrogen (secondary N) is 2. The zero-order valence-corrected chi connectivity index (χ0v) is 12.9. The maximum Gasteiger partial charge on any atom is 0.234 e. The summed E-state index contributed by atoms with van der Waals surface area (Å²) in [7, 11) is 0. The highest BCUT2D eigenvalue weighted by molar-refractivity contribution is 8.00. The van der Waals surface area contributed by atoms with E-state index in [4.69, 9.17) is 0 Å². The van der Waals surface area contributed by atoms with Crippen LogP contribution in [0.15, 0.2) is 23.1 Å². The van der Waals surface area contributed by atoms with E-state index in [2.05, 4.69) is 33.7 Å². The highest BCUT2D eigenvalue weighted by Gasteiger charge is 2.35. The van der Waals surface area contributed by atoms with Gasteiger partial charge in [0.2, 0.25) is 5.91 Å². The minimum absolute atomic E-state index is 0.101. The number of thioether (sulfide) groups is 1. The van der Waals surface area contributed by atoms with Crippen LogP contribution in [0.1, 0.15) is 25.7 Å². The van der Waals surface area contributed by atoms with Crippen LogP contribution in [0.2, 0.25) is 0 Å². The van der Waals surface area contributed by atoms with Gasteiger partial charge in [0, 0.05) is 29.2 Å². The topological polar surface area (TPSA) is 44.4 Å². The van der Waals surface area contributed by atoms with Gasteiger partial charge in [0.15, 0.2) is 0 Å². The average molecular weight is 303 g/mol. The van der Waals surface area contributed by atoms with Crippen LogP contribution in [-0.4, -0.2) is 41.7 Å². The molecular weight excluding hydrogens is 282 g/mol. The van der Waals surface area contributed by atoms with Crippen molar-refractivity contribution >= 4 is 29.0 Å². The molecule has 3 heterocycles. The summed E-state index contributed by atoms with van der Waals surface area (Å²) < 4.78 is 0. The lowest BCUT2D eigenvalue weighted by atomic mass is 9.99. The molecule has 1 aromatic rings. The number of rotatable bonds is 2. The fourth-order valence-corrected chi connectivity index (χ4v) is 4.59. The smallest absolute Gasteiger partial charge is 0.234 e. The summed E-state index contributed by atoms with van der Waals surface area (Å²) in [5, 5.41) is 6.67. The molecule has 1 amide bonds. The fraction of sp³-hybridized carbons (Fsp3) is 0.562. The highest BCUT2D eigenvalue weighted by atomic mass is 32.2. The molecule has 2 atom stereocenters. The quantitative estimate of drug-likeness (QED) is 0.882. The third-order valence-corrected chi connectivity index (χ3v) is 5.89. The van der Waals surface area contributed by atoms with Gasteiger partial charge in [-0.2, -0.15) is 0 Å². The first-order valence-electron chi connectivity index (χ1n) is 7.87. The van der Waals surface area contributed by atoms with Crippen LogP contribution >= 0.6 is 11.8 Å². The van der Waals surface area contributed by atoms with Crippen molar-refractivity contribution in [2.45, 2.75) is 42.7 Å². The van der Waals surface area contributed by atoms with Crippen LogP contribution in [0, 0.1) is 0 Å². The second-order valence-corrected chi connectivity index (χ2v) is 7.20. The van der Waals surface area contributed by atoms with Gasteiger partial charge >= 0.3 is 0 Å². The molecule has 2 fully saturated rings. The molecule has 0 aromatic heterocycles. The van der Waals surface area contributed by atoms with Crippen molar-refractivity contribution in [1.82, 2.24) is 4.90 Å². The minimum atomic E-state index is 0.101. The van der Waals surface area contributed by atoms with Crippen molar-refractivity contribution in [2.75, 3.05) is 29.5 Å². The molecule has 0 saturated carbocycles. The van der Waals surface area contributed by atoms with Crippen molar-refractivity contribution in [2.24, 2.45) is 0 Å². The Morgan fingerprint density at radius 2 is 2.19 bits per heavy atom. The monoisotopic (exact) mass is 303 g/mol. The molecule has 2 N–H and O–H groups in total. The van der Waals surface area contributed by atoms with Gasteiger partial charge in [-0.05, 0) is 44.0 Å². The fourth-order valence-electron chi connectivity index (χ4n) is 3.80. The normalized spacial score (nSPS) is 28.7. The van der Waals surface area contributed by atoms with Gasteiger partial charge in [-0.3, -0.25) is 9.69 Å². The van der Waals surface area contributed by atoms with Crippen LogP contribution < -0.4 is 10.6 Å². The second-order valence-electron chi connectivity index (χ2n) is 6.19. The Bertz CT molecular complexity index is 562. The predicted molar refractivity (Wildman–Crippen MR) is 87.0 cm³/mol. The summed E-state index contributed by atoms with van der Waals surface area (Å²) in [4.78, 5) is 15.3. The Hall–Kier alpha value is -1.20. The number of piperidine rings is 1. The number of fused-ring (bicyclic) bond motifs is 2. The summed E-state index contributed by atoms with van der Waals surface area (Å²) in [6.45, 7) is 2.49. The third kappa shape index (κ3) is 2.64. The number of hydrogen-bond acceptors (Lipinski definition) is 4. The van der Waals surface area contributed by atoms with Gasteiger partial charge in [-0.1, -0.05) is 6.42 Å². The molecule has 2 saturated heterocycles. The Morgan fingerprint density at radius 3 is 3.14 bits per heavy atom. The summed E-state index contributed by atoms with van der Waals surface area (Å²) in [5.74, 6) is 0.628. The number of benzene rings is 1. The SMILES string of the molecule is O=C1CSc2ccc(NC3CCN4CCCCC34)cc2N1. The van der Waals surface area contributed by atoms with E-state index >= 15 is 0 Å². The molecule has 0 bridgehead atoms. The molecule has 1 aromatic carbocycles. The Labute approximate surface area is 129 Å². The Kier molecular flexibility index (Phi) is 3.55. The third-order valence-electron chi connectivity index (χ3n) is 4.82. The first-order chi connectivity index (χ1) is 10.3. The van der Waals surface area contributed by atoms with Crippen molar-refractivity contribution < 1.29 is 4.79 Å². The van der Waals surface area contributed by atoms with Crippen LogP contribution in [0.4, 0.5) is 11.4 Å². The highest BCUT2D eigenvalue weighted by Crippen LogP contribution is 2.35. The molecule has 3 aliphatic heterocycles. The molecule has 5 heteroatoms. The zero-order valence-electron chi connectivity index (χ0n) is 12.1. The minimum Gasteiger partial charge on any atom is -0.381 e. The number of carbonyl (C=O) groups excluding carboxylic acids is 1. The van der Waals surface area contributed by atoms with Crippen molar-refractivity contribution in [3.63, 3.8) is 0 Å². The maximum absolute atomic E-state index is 11.5. The number of nitrogens with zero attached hydrogens (tertiary/aromatic N) is 1. The van der Waals surface area contributed by atoms with Crippen molar-refractivity contribution in [1.29, 1.82) is 0 Å². The van der Waals surface area contributed by atoms with E-state index in [0.717, 1.165) is 11.4 Å². The molecular formula is C16H21N3OS. The van der Waals surface area contributed by atoms with Gasteiger partial charge in [0.05, 0.1) is 11.4 Å². The van der Waals surface area contributed by atoms with Gasteiger partial charge in [0.1, 0.15) is 0 Å². The van der Waals surface area contributed by atoms with Gasteiger partial charge in [-0.15, -0.1) is 11.8 Å². The zero-order chi connectivity index (χ0) is 14.2. The van der Waals surface area contributed by atoms with Gasteiger partial charge < -0.3 is 10.6 Å². The van der Waals surface area contributed by atoms with E-state index in [9.17, 15) is 4.79 Å². The average Bonchev–Trinajstić information content (AvgIpc) is 2.90. The van der Waals surface area contributed by atoms with E-state index in [1.807, 2.05) is 0 Å². The van der Waals surface area contributed by atoms with Gasteiger partial charge in [-0.25, -0.2) is 0 Å². The molecule has 21 heavy (non-hydrogen) atoms. The molecule has 0 radical (unpaired) electrons. The Balaban J connectivity index is 1.50. The molecule has 3 aliphatic rings. The number of amides is 1. The predicted octanol–water partition coefficient (Wildman–Crippen LogP) is 2.77. The molecule has 2 unspecified atom stereocenters. The summed E-state index contributed by atoms with van der Waals surface area (Å²) >= 11 is 1.62. The summed E-state index contributed by atoms with van der Waals surface area (Å²) in [6, 6.07) is 7.60. The van der Waals surface area contributed by atoms with Crippen molar-refractivity contribution in [3.05, 3.63) is 18.2 Å². The second kappa shape index (κ2) is 5.54. The van der Waals surface area contributed by atoms with Crippen LogP contribution in [-0.2, 0) is 4.79 Å². The lowest BCUT2D eigenvalue weighted by Crippen LogP contribution is -2.41. The first kappa shape index (κ1) is 13.5. The largest absolute Gasteiger partial charge is 0.381 e. The van der Waals surface area contributed by atoms with E-state index in [-0.39, 0.29) is 5.91 Å². The van der Waals surface area contributed by atoms with Gasteiger partial charge in [0.25, 0.3) is 0 Å². The molecule has 112 valence electrons. The lowest BCUT2D eigenvalue weighted by molar-refractivity contribution is -0.113. The van der Waals surface area contributed by atoms with Crippen LogP contribution in [0.5, 0.6) is 0 Å². The summed E-state index contributed by atoms with van der Waals surface area (Å²) in [6.07, 6.45) is 5.25. The van der Waals surface area contributed by atoms with E-state index in [1.165, 1.54) is 43.7 Å². The maximum atomic E-state index is 11.5. The number of anilines is 2. The molecule has 4 rings (SSSR count). The van der Waals surface area contributed by atoms with E-state index in [1.54, 1.807) is 11.8 Å². The summed E-state index contributed by atoms with van der Waals surface area (Å²) in [5.41, 5.74) is 2.09. The molecule has 0 aliphatic carbocycles. The number of hydrogen-bond donors (Lipinski definition) is 2. The van der Waals surface area contributed by atoms with Crippen LogP contribution in [0.25, 0.3) is 0 Å². The molecule has 0 spiro atoms. The Morgan fingerprint density at radius 1 is 1.24 bits per heavy atom. The lowest BCUT2D eigenvalue weighted by Gasteiger charge is -2.33. The number of carbonyl (C=O) groups is 1. The first-order valence-corrected chi connectivity index (χ1v) is 8.85. The van der Waals surface area contributed by atoms with E-state index < -0.39 is 0 Å². The van der Waals surface area contributed by atoms with E-state index in [0.29, 0.717) is 17.8 Å². The van der Waals surface area contributed by atoms with Crippen molar-refractivity contribution in [3.8, 4) is 0 Å².